The number of benzene rings is 6. The summed E-state index contributed by atoms with van der Waals surface area (Å²) in [6.07, 6.45) is -0.256. The topological polar surface area (TPSA) is 41.7 Å². The molecule has 0 spiro atoms. The maximum absolute atomic E-state index is 5.16. The fourth-order valence-electron chi connectivity index (χ4n) is 6.45. The number of nitrogens with one attached hydrogen (secondary N) is 1. The third-order valence-corrected chi connectivity index (χ3v) is 9.56. The standard InChI is InChI=1S/C39H26N4S/c1-3-13-25(14-4-1)37-40-38(26-15-5-2-6-16-26)42-39(41-37)27-23-33(36-30-19-9-12-22-34(30)44-35(36)24-27)43-31-20-10-7-17-28(31)29-18-8-11-21-32(29)43/h1-24,37H,(H,40,41,42). The zero-order valence-corrected chi connectivity index (χ0v) is 24.5. The Kier molecular flexibility index (Phi) is 5.71. The summed E-state index contributed by atoms with van der Waals surface area (Å²) < 4.78 is 4.93. The lowest BCUT2D eigenvalue weighted by Gasteiger charge is -2.24. The highest BCUT2D eigenvalue weighted by molar-refractivity contribution is 7.26. The van der Waals surface area contributed by atoms with Crippen molar-refractivity contribution in [1.29, 1.82) is 0 Å². The normalized spacial score (nSPS) is 15.0. The molecule has 1 aliphatic heterocycles. The third-order valence-electron chi connectivity index (χ3n) is 8.44. The average Bonchev–Trinajstić information content (AvgIpc) is 3.64. The molecule has 44 heavy (non-hydrogen) atoms. The molecular formula is C39H26N4S. The van der Waals surface area contributed by atoms with E-state index in [1.807, 2.05) is 35.6 Å². The van der Waals surface area contributed by atoms with Gasteiger partial charge < -0.3 is 9.88 Å². The van der Waals surface area contributed by atoms with Gasteiger partial charge in [0.05, 0.1) is 16.7 Å². The lowest BCUT2D eigenvalue weighted by molar-refractivity contribution is 0.674. The molecule has 0 fully saturated rings. The number of para-hydroxylation sites is 2. The molecule has 0 bridgehead atoms. The van der Waals surface area contributed by atoms with Crippen molar-refractivity contribution < 1.29 is 0 Å². The molecule has 6 aromatic carbocycles. The molecule has 9 rings (SSSR count). The lowest BCUT2D eigenvalue weighted by atomic mass is 10.0. The van der Waals surface area contributed by atoms with Crippen LogP contribution >= 0.6 is 11.3 Å². The number of hydrogen-bond donors (Lipinski definition) is 1. The van der Waals surface area contributed by atoms with Gasteiger partial charge in [-0.25, -0.2) is 9.98 Å². The van der Waals surface area contributed by atoms with Crippen LogP contribution in [-0.2, 0) is 0 Å². The Hall–Kier alpha value is -5.52. The minimum atomic E-state index is -0.256. The maximum atomic E-state index is 5.16. The number of hydrogen-bond acceptors (Lipinski definition) is 4. The van der Waals surface area contributed by atoms with Crippen molar-refractivity contribution in [1.82, 2.24) is 9.88 Å². The molecule has 0 saturated heterocycles. The molecule has 1 N–H and O–H groups in total. The van der Waals surface area contributed by atoms with Crippen LogP contribution in [0.1, 0.15) is 22.9 Å². The summed E-state index contributed by atoms with van der Waals surface area (Å²) in [5.74, 6) is 1.54. The van der Waals surface area contributed by atoms with Gasteiger partial charge in [0, 0.05) is 42.1 Å². The van der Waals surface area contributed by atoms with Crippen LogP contribution in [0.2, 0.25) is 0 Å². The van der Waals surface area contributed by atoms with Crippen molar-refractivity contribution >= 4 is 65.0 Å². The second kappa shape index (κ2) is 10.0. The van der Waals surface area contributed by atoms with E-state index in [2.05, 4.69) is 131 Å². The number of amidine groups is 2. The van der Waals surface area contributed by atoms with E-state index in [1.54, 1.807) is 0 Å². The summed E-state index contributed by atoms with van der Waals surface area (Å²) >= 11 is 1.83. The molecule has 4 nitrogen and oxygen atoms in total. The van der Waals surface area contributed by atoms with Crippen molar-refractivity contribution in [3.63, 3.8) is 0 Å². The molecule has 208 valence electrons. The number of rotatable bonds is 4. The number of aliphatic imine (C=N–C) groups is 2. The summed E-state index contributed by atoms with van der Waals surface area (Å²) in [7, 11) is 0. The summed E-state index contributed by atoms with van der Waals surface area (Å²) in [6, 6.07) is 51.4. The molecule has 5 heteroatoms. The summed E-state index contributed by atoms with van der Waals surface area (Å²) in [4.78, 5) is 10.2. The van der Waals surface area contributed by atoms with Crippen LogP contribution in [0, 0.1) is 0 Å². The SMILES string of the molecule is c1ccc(C2=NC(c3ccccc3)NC(c3cc(-n4c5ccccc5c5ccccc54)c4c(c3)sc3ccccc34)=N2)cc1. The Labute approximate surface area is 258 Å². The van der Waals surface area contributed by atoms with Crippen LogP contribution in [0.5, 0.6) is 0 Å². The van der Waals surface area contributed by atoms with Gasteiger partial charge in [0.1, 0.15) is 12.0 Å². The van der Waals surface area contributed by atoms with Crippen molar-refractivity contribution in [2.75, 3.05) is 0 Å². The summed E-state index contributed by atoms with van der Waals surface area (Å²) in [5.41, 5.74) is 6.66. The second-order valence-electron chi connectivity index (χ2n) is 11.1. The van der Waals surface area contributed by atoms with E-state index in [1.165, 1.54) is 42.0 Å². The van der Waals surface area contributed by atoms with Crippen molar-refractivity contribution in [2.24, 2.45) is 9.98 Å². The van der Waals surface area contributed by atoms with E-state index in [0.29, 0.717) is 0 Å². The van der Waals surface area contributed by atoms with Crippen LogP contribution in [0.3, 0.4) is 0 Å². The Morgan fingerprint density at radius 1 is 0.568 bits per heavy atom. The molecular weight excluding hydrogens is 557 g/mol. The smallest absolute Gasteiger partial charge is 0.159 e. The van der Waals surface area contributed by atoms with Crippen LogP contribution in [0.4, 0.5) is 0 Å². The number of thiophene rings is 1. The Morgan fingerprint density at radius 2 is 1.18 bits per heavy atom. The van der Waals surface area contributed by atoms with Gasteiger partial charge in [-0.2, -0.15) is 0 Å². The van der Waals surface area contributed by atoms with Gasteiger partial charge in [0.2, 0.25) is 0 Å². The first-order chi connectivity index (χ1) is 21.8. The lowest BCUT2D eigenvalue weighted by Crippen LogP contribution is -2.33. The fraction of sp³-hybridized carbons (Fsp3) is 0.0256. The van der Waals surface area contributed by atoms with Crippen molar-refractivity contribution in [3.8, 4) is 5.69 Å². The van der Waals surface area contributed by atoms with Crippen LogP contribution in [0.25, 0.3) is 47.7 Å². The number of fused-ring (bicyclic) bond motifs is 6. The van der Waals surface area contributed by atoms with E-state index >= 15 is 0 Å². The van der Waals surface area contributed by atoms with E-state index in [-0.39, 0.29) is 6.17 Å². The van der Waals surface area contributed by atoms with Gasteiger partial charge in [-0.1, -0.05) is 115 Å². The first kappa shape index (κ1) is 25.0. The first-order valence-corrected chi connectivity index (χ1v) is 15.6. The molecule has 0 aliphatic carbocycles. The zero-order chi connectivity index (χ0) is 29.0. The van der Waals surface area contributed by atoms with Crippen molar-refractivity contribution in [3.05, 3.63) is 162 Å². The van der Waals surface area contributed by atoms with Crippen LogP contribution in [-0.4, -0.2) is 16.2 Å². The van der Waals surface area contributed by atoms with Gasteiger partial charge >= 0.3 is 0 Å². The minimum absolute atomic E-state index is 0.256. The monoisotopic (exact) mass is 582 g/mol. The molecule has 8 aromatic rings. The third kappa shape index (κ3) is 3.98. The predicted molar refractivity (Wildman–Crippen MR) is 186 cm³/mol. The first-order valence-electron chi connectivity index (χ1n) is 14.8. The van der Waals surface area contributed by atoms with Crippen LogP contribution in [0.15, 0.2) is 156 Å². The highest BCUT2D eigenvalue weighted by Gasteiger charge is 2.24. The van der Waals surface area contributed by atoms with Gasteiger partial charge in [0.25, 0.3) is 0 Å². The van der Waals surface area contributed by atoms with E-state index in [0.717, 1.165) is 34.0 Å². The van der Waals surface area contributed by atoms with Gasteiger partial charge in [-0.3, -0.25) is 0 Å². The van der Waals surface area contributed by atoms with E-state index in [4.69, 9.17) is 9.98 Å². The van der Waals surface area contributed by atoms with Gasteiger partial charge in [-0.15, -0.1) is 11.3 Å². The molecule has 3 heterocycles. The van der Waals surface area contributed by atoms with Crippen molar-refractivity contribution in [2.45, 2.75) is 6.17 Å². The average molecular weight is 583 g/mol. The second-order valence-corrected chi connectivity index (χ2v) is 12.2. The Balaban J connectivity index is 1.33. The molecule has 1 atom stereocenters. The zero-order valence-electron chi connectivity index (χ0n) is 23.7. The Bertz CT molecular complexity index is 2360. The van der Waals surface area contributed by atoms with Gasteiger partial charge in [0.15, 0.2) is 5.84 Å². The molecule has 0 amide bonds. The Morgan fingerprint density at radius 3 is 1.91 bits per heavy atom. The largest absolute Gasteiger partial charge is 0.344 e. The highest BCUT2D eigenvalue weighted by Crippen LogP contribution is 2.42. The molecule has 1 unspecified atom stereocenters. The highest BCUT2D eigenvalue weighted by atomic mass is 32.1. The summed E-state index contributed by atoms with van der Waals surface area (Å²) in [6.45, 7) is 0. The quantitative estimate of drug-likeness (QED) is 0.221. The van der Waals surface area contributed by atoms with Gasteiger partial charge in [-0.05, 0) is 35.9 Å². The predicted octanol–water partition coefficient (Wildman–Crippen LogP) is 9.65. The number of nitrogens with zero attached hydrogens (tertiary/aromatic N) is 3. The number of aromatic nitrogens is 1. The van der Waals surface area contributed by atoms with E-state index in [9.17, 15) is 0 Å². The minimum Gasteiger partial charge on any atom is -0.344 e. The molecule has 0 radical (unpaired) electrons. The molecule has 1 aliphatic rings. The summed E-state index contributed by atoms with van der Waals surface area (Å²) in [5, 5.41) is 8.71. The maximum Gasteiger partial charge on any atom is 0.159 e. The van der Waals surface area contributed by atoms with E-state index < -0.39 is 0 Å². The van der Waals surface area contributed by atoms with Crippen LogP contribution < -0.4 is 5.32 Å². The molecule has 0 saturated carbocycles. The fourth-order valence-corrected chi connectivity index (χ4v) is 7.61. The molecule has 2 aromatic heterocycles.